The van der Waals surface area contributed by atoms with Crippen LogP contribution in [0, 0.1) is 0 Å². The summed E-state index contributed by atoms with van der Waals surface area (Å²) in [6.45, 7) is 6.44. The number of carbonyl (C=O) groups is 2. The first-order valence-corrected chi connectivity index (χ1v) is 7.87. The van der Waals surface area contributed by atoms with Gasteiger partial charge >= 0.3 is 0 Å². The van der Waals surface area contributed by atoms with E-state index < -0.39 is 0 Å². The second-order valence-electron chi connectivity index (χ2n) is 5.43. The van der Waals surface area contributed by atoms with E-state index in [2.05, 4.69) is 6.92 Å². The van der Waals surface area contributed by atoms with Gasteiger partial charge in [0.25, 0.3) is 5.91 Å². The molecule has 114 valence electrons. The Kier molecular flexibility index (Phi) is 5.37. The molecule has 1 aliphatic rings. The highest BCUT2D eigenvalue weighted by molar-refractivity contribution is 5.97. The van der Waals surface area contributed by atoms with Crippen LogP contribution in [0.1, 0.15) is 49.9 Å². The van der Waals surface area contributed by atoms with Crippen LogP contribution in [0.3, 0.4) is 0 Å². The van der Waals surface area contributed by atoms with Crippen molar-refractivity contribution in [2.45, 2.75) is 39.5 Å². The number of anilines is 1. The van der Waals surface area contributed by atoms with Gasteiger partial charge in [-0.2, -0.15) is 0 Å². The number of benzene rings is 1. The highest BCUT2D eigenvalue weighted by Gasteiger charge is 2.22. The number of hydrogen-bond acceptors (Lipinski definition) is 2. The van der Waals surface area contributed by atoms with Crippen molar-refractivity contribution in [1.82, 2.24) is 4.90 Å². The first kappa shape index (κ1) is 15.5. The van der Waals surface area contributed by atoms with E-state index in [4.69, 9.17) is 0 Å². The molecule has 1 aromatic rings. The van der Waals surface area contributed by atoms with E-state index in [9.17, 15) is 9.59 Å². The predicted octanol–water partition coefficient (Wildman–Crippen LogP) is 3.08. The van der Waals surface area contributed by atoms with Gasteiger partial charge in [0.2, 0.25) is 5.91 Å². The molecule has 0 bridgehead atoms. The van der Waals surface area contributed by atoms with Gasteiger partial charge in [0, 0.05) is 37.3 Å². The number of unbranched alkanes of at least 4 members (excludes halogenated alkanes) is 1. The summed E-state index contributed by atoms with van der Waals surface area (Å²) in [5, 5.41) is 0. The lowest BCUT2D eigenvalue weighted by Gasteiger charge is -2.21. The van der Waals surface area contributed by atoms with Crippen LogP contribution in [-0.2, 0) is 4.79 Å². The van der Waals surface area contributed by atoms with Gasteiger partial charge in [-0.15, -0.1) is 0 Å². The van der Waals surface area contributed by atoms with E-state index in [-0.39, 0.29) is 11.8 Å². The maximum Gasteiger partial charge on any atom is 0.253 e. The molecule has 1 aliphatic heterocycles. The topological polar surface area (TPSA) is 40.6 Å². The lowest BCUT2D eigenvalue weighted by Crippen LogP contribution is -2.31. The molecule has 0 unspecified atom stereocenters. The molecule has 1 fully saturated rings. The molecule has 0 spiro atoms. The third-order valence-corrected chi connectivity index (χ3v) is 3.95. The van der Waals surface area contributed by atoms with Crippen LogP contribution in [0.5, 0.6) is 0 Å². The summed E-state index contributed by atoms with van der Waals surface area (Å²) in [6, 6.07) is 7.42. The molecule has 0 N–H and O–H groups in total. The van der Waals surface area contributed by atoms with Gasteiger partial charge in [-0.25, -0.2) is 0 Å². The summed E-state index contributed by atoms with van der Waals surface area (Å²) in [6.07, 6.45) is 3.65. The minimum atomic E-state index is 0.0743. The maximum atomic E-state index is 12.4. The van der Waals surface area contributed by atoms with Crippen molar-refractivity contribution in [3.05, 3.63) is 29.8 Å². The fraction of sp³-hybridized carbons (Fsp3) is 0.529. The molecular formula is C17H24N2O2. The van der Waals surface area contributed by atoms with Crippen LogP contribution in [-0.4, -0.2) is 36.3 Å². The first-order valence-electron chi connectivity index (χ1n) is 7.87. The van der Waals surface area contributed by atoms with Crippen LogP contribution < -0.4 is 4.90 Å². The van der Waals surface area contributed by atoms with Crippen molar-refractivity contribution in [2.24, 2.45) is 0 Å². The van der Waals surface area contributed by atoms with Crippen LogP contribution in [0.15, 0.2) is 24.3 Å². The van der Waals surface area contributed by atoms with Crippen molar-refractivity contribution in [1.29, 1.82) is 0 Å². The normalized spacial score (nSPS) is 14.6. The molecule has 1 saturated heterocycles. The molecule has 0 aromatic heterocycles. The molecule has 21 heavy (non-hydrogen) atoms. The van der Waals surface area contributed by atoms with Crippen LogP contribution in [0.4, 0.5) is 5.69 Å². The Bertz CT molecular complexity index is 496. The molecule has 2 rings (SSSR count). The molecular weight excluding hydrogens is 264 g/mol. The summed E-state index contributed by atoms with van der Waals surface area (Å²) < 4.78 is 0. The number of nitrogens with zero attached hydrogens (tertiary/aromatic N) is 2. The predicted molar refractivity (Wildman–Crippen MR) is 84.5 cm³/mol. The average Bonchev–Trinajstić information content (AvgIpc) is 2.94. The highest BCUT2D eigenvalue weighted by Crippen LogP contribution is 2.22. The third kappa shape index (κ3) is 3.63. The van der Waals surface area contributed by atoms with Crippen molar-refractivity contribution in [2.75, 3.05) is 24.5 Å². The summed E-state index contributed by atoms with van der Waals surface area (Å²) in [7, 11) is 0. The second-order valence-corrected chi connectivity index (χ2v) is 5.43. The van der Waals surface area contributed by atoms with Crippen LogP contribution in [0.25, 0.3) is 0 Å². The van der Waals surface area contributed by atoms with Gasteiger partial charge in [0.05, 0.1) is 0 Å². The SMILES string of the molecule is CCCCN(CC)C(=O)c1ccc(N2CCCC2=O)cc1. The Balaban J connectivity index is 2.07. The zero-order chi connectivity index (χ0) is 15.2. The van der Waals surface area contributed by atoms with E-state index in [1.54, 1.807) is 4.90 Å². The summed E-state index contributed by atoms with van der Waals surface area (Å²) >= 11 is 0. The van der Waals surface area contributed by atoms with Gasteiger partial charge in [-0.3, -0.25) is 9.59 Å². The third-order valence-electron chi connectivity index (χ3n) is 3.95. The summed E-state index contributed by atoms with van der Waals surface area (Å²) in [5.74, 6) is 0.248. The van der Waals surface area contributed by atoms with E-state index in [0.717, 1.165) is 44.6 Å². The molecule has 1 aromatic carbocycles. The van der Waals surface area contributed by atoms with Gasteiger partial charge in [-0.1, -0.05) is 13.3 Å². The van der Waals surface area contributed by atoms with E-state index in [1.165, 1.54) is 0 Å². The fourth-order valence-corrected chi connectivity index (χ4v) is 2.64. The smallest absolute Gasteiger partial charge is 0.253 e. The Morgan fingerprint density at radius 3 is 2.48 bits per heavy atom. The molecule has 0 aliphatic carbocycles. The van der Waals surface area contributed by atoms with Gasteiger partial charge < -0.3 is 9.80 Å². The maximum absolute atomic E-state index is 12.4. The van der Waals surface area contributed by atoms with Crippen molar-refractivity contribution in [3.63, 3.8) is 0 Å². The fourth-order valence-electron chi connectivity index (χ4n) is 2.64. The Hall–Kier alpha value is -1.84. The average molecular weight is 288 g/mol. The zero-order valence-electron chi connectivity index (χ0n) is 13.0. The second kappa shape index (κ2) is 7.25. The minimum absolute atomic E-state index is 0.0743. The van der Waals surface area contributed by atoms with Gasteiger partial charge in [0.1, 0.15) is 0 Å². The lowest BCUT2D eigenvalue weighted by atomic mass is 10.1. The Labute approximate surface area is 126 Å². The van der Waals surface area contributed by atoms with Crippen LogP contribution in [0.2, 0.25) is 0 Å². The highest BCUT2D eigenvalue weighted by atomic mass is 16.2. The zero-order valence-corrected chi connectivity index (χ0v) is 13.0. The molecule has 0 saturated carbocycles. The monoisotopic (exact) mass is 288 g/mol. The van der Waals surface area contributed by atoms with E-state index in [1.807, 2.05) is 36.1 Å². The number of rotatable bonds is 6. The number of amides is 2. The molecule has 2 amide bonds. The quantitative estimate of drug-likeness (QED) is 0.807. The van der Waals surface area contributed by atoms with Crippen molar-refractivity contribution >= 4 is 17.5 Å². The largest absolute Gasteiger partial charge is 0.339 e. The molecule has 0 atom stereocenters. The van der Waals surface area contributed by atoms with Gasteiger partial charge in [0.15, 0.2) is 0 Å². The first-order chi connectivity index (χ1) is 10.2. The van der Waals surface area contributed by atoms with E-state index >= 15 is 0 Å². The van der Waals surface area contributed by atoms with Gasteiger partial charge in [-0.05, 0) is 44.0 Å². The van der Waals surface area contributed by atoms with Crippen LogP contribution >= 0.6 is 0 Å². The Morgan fingerprint density at radius 2 is 1.95 bits per heavy atom. The molecule has 0 radical (unpaired) electrons. The summed E-state index contributed by atoms with van der Waals surface area (Å²) in [4.78, 5) is 27.8. The Morgan fingerprint density at radius 1 is 1.24 bits per heavy atom. The molecule has 4 nitrogen and oxygen atoms in total. The molecule has 1 heterocycles. The lowest BCUT2D eigenvalue weighted by molar-refractivity contribution is -0.117. The minimum Gasteiger partial charge on any atom is -0.339 e. The van der Waals surface area contributed by atoms with E-state index in [0.29, 0.717) is 12.0 Å². The number of carbonyl (C=O) groups excluding carboxylic acids is 2. The standard InChI is InChI=1S/C17H24N2O2/c1-3-5-12-18(4-2)17(21)14-8-10-15(11-9-14)19-13-6-7-16(19)20/h8-11H,3-7,12-13H2,1-2H3. The van der Waals surface area contributed by atoms with Crippen molar-refractivity contribution < 1.29 is 9.59 Å². The number of hydrogen-bond donors (Lipinski definition) is 0. The molecule has 4 heteroatoms. The van der Waals surface area contributed by atoms with Crippen molar-refractivity contribution in [3.8, 4) is 0 Å². The summed E-state index contributed by atoms with van der Waals surface area (Å²) in [5.41, 5.74) is 1.59.